The summed E-state index contributed by atoms with van der Waals surface area (Å²) in [4.78, 5) is 35.6. The topological polar surface area (TPSA) is 90.9 Å². The standard InChI is InChI=1S/C21H21NO6/c1-26-18-10-9-16(12-19(18)27-2)17(23)14-28-21(25)13-22-20(24)11-8-15-6-4-3-5-7-15/h3-12H,13-14H2,1-2H3,(H,22,24)/b11-8+. The lowest BCUT2D eigenvalue weighted by molar-refractivity contribution is -0.142. The van der Waals surface area contributed by atoms with Crippen LogP contribution in [0.4, 0.5) is 0 Å². The highest BCUT2D eigenvalue weighted by atomic mass is 16.5. The minimum Gasteiger partial charge on any atom is -0.493 e. The second-order valence-corrected chi connectivity index (χ2v) is 5.62. The van der Waals surface area contributed by atoms with E-state index in [0.717, 1.165) is 5.56 Å². The maximum absolute atomic E-state index is 12.1. The molecule has 0 heterocycles. The summed E-state index contributed by atoms with van der Waals surface area (Å²) in [6, 6.07) is 13.9. The van der Waals surface area contributed by atoms with Crippen LogP contribution in [0.15, 0.2) is 54.6 Å². The Kier molecular flexibility index (Phi) is 7.77. The Morgan fingerprint density at radius 1 is 0.964 bits per heavy atom. The summed E-state index contributed by atoms with van der Waals surface area (Å²) in [6.45, 7) is -0.777. The van der Waals surface area contributed by atoms with Gasteiger partial charge in [-0.3, -0.25) is 14.4 Å². The molecule has 0 radical (unpaired) electrons. The summed E-state index contributed by atoms with van der Waals surface area (Å²) >= 11 is 0. The van der Waals surface area contributed by atoms with Crippen LogP contribution >= 0.6 is 0 Å². The molecule has 1 amide bonds. The molecule has 2 rings (SSSR count). The summed E-state index contributed by atoms with van der Waals surface area (Å²) in [6.07, 6.45) is 2.94. The summed E-state index contributed by atoms with van der Waals surface area (Å²) in [5.41, 5.74) is 1.18. The van der Waals surface area contributed by atoms with E-state index in [2.05, 4.69) is 5.32 Å². The average molecular weight is 383 g/mol. The van der Waals surface area contributed by atoms with Gasteiger partial charge in [-0.05, 0) is 29.8 Å². The number of amides is 1. The molecule has 0 saturated carbocycles. The largest absolute Gasteiger partial charge is 0.493 e. The molecule has 0 aliphatic heterocycles. The van der Waals surface area contributed by atoms with Crippen molar-refractivity contribution in [3.63, 3.8) is 0 Å². The lowest BCUT2D eigenvalue weighted by Gasteiger charge is -2.09. The van der Waals surface area contributed by atoms with E-state index in [1.54, 1.807) is 18.2 Å². The van der Waals surface area contributed by atoms with Gasteiger partial charge in [0, 0.05) is 11.6 Å². The molecule has 0 aliphatic rings. The number of ether oxygens (including phenoxy) is 3. The fraction of sp³-hybridized carbons (Fsp3) is 0.190. The molecular weight excluding hydrogens is 362 g/mol. The SMILES string of the molecule is COc1ccc(C(=O)COC(=O)CNC(=O)/C=C/c2ccccc2)cc1OC. The molecule has 7 nitrogen and oxygen atoms in total. The maximum atomic E-state index is 12.1. The molecule has 2 aromatic carbocycles. The number of methoxy groups -OCH3 is 2. The van der Waals surface area contributed by atoms with E-state index in [0.29, 0.717) is 17.1 Å². The first-order valence-corrected chi connectivity index (χ1v) is 8.45. The predicted octanol–water partition coefficient (Wildman–Crippen LogP) is 2.26. The predicted molar refractivity (Wildman–Crippen MR) is 103 cm³/mol. The quantitative estimate of drug-likeness (QED) is 0.406. The molecule has 7 heteroatoms. The van der Waals surface area contributed by atoms with Gasteiger partial charge in [0.25, 0.3) is 0 Å². The van der Waals surface area contributed by atoms with Gasteiger partial charge in [-0.25, -0.2) is 0 Å². The summed E-state index contributed by atoms with van der Waals surface area (Å²) in [5.74, 6) is -0.661. The Hall–Kier alpha value is -3.61. The molecule has 0 aliphatic carbocycles. The lowest BCUT2D eigenvalue weighted by atomic mass is 10.1. The van der Waals surface area contributed by atoms with Crippen LogP contribution in [0.25, 0.3) is 6.08 Å². The first-order valence-electron chi connectivity index (χ1n) is 8.45. The number of hydrogen-bond acceptors (Lipinski definition) is 6. The van der Waals surface area contributed by atoms with Crippen molar-refractivity contribution in [3.8, 4) is 11.5 Å². The van der Waals surface area contributed by atoms with Gasteiger partial charge in [0.1, 0.15) is 6.54 Å². The molecule has 146 valence electrons. The highest BCUT2D eigenvalue weighted by molar-refractivity contribution is 5.99. The maximum Gasteiger partial charge on any atom is 0.325 e. The number of benzene rings is 2. The van der Waals surface area contributed by atoms with E-state index in [4.69, 9.17) is 14.2 Å². The van der Waals surface area contributed by atoms with Crippen LogP contribution in [0.5, 0.6) is 11.5 Å². The second kappa shape index (κ2) is 10.5. The molecule has 0 aromatic heterocycles. The third-order valence-electron chi connectivity index (χ3n) is 3.70. The minimum absolute atomic E-state index is 0.320. The van der Waals surface area contributed by atoms with E-state index < -0.39 is 24.3 Å². The number of esters is 1. The van der Waals surface area contributed by atoms with Crippen molar-refractivity contribution in [2.75, 3.05) is 27.4 Å². The second-order valence-electron chi connectivity index (χ2n) is 5.62. The number of ketones is 1. The van der Waals surface area contributed by atoms with Gasteiger partial charge in [-0.1, -0.05) is 30.3 Å². The fourth-order valence-corrected chi connectivity index (χ4v) is 2.24. The van der Waals surface area contributed by atoms with Gasteiger partial charge in [-0.15, -0.1) is 0 Å². The summed E-state index contributed by atoms with van der Waals surface area (Å²) in [5, 5.41) is 2.40. The van der Waals surface area contributed by atoms with Crippen molar-refractivity contribution in [1.82, 2.24) is 5.32 Å². The van der Waals surface area contributed by atoms with E-state index in [1.165, 1.54) is 26.4 Å². The zero-order valence-electron chi connectivity index (χ0n) is 15.6. The molecule has 0 fully saturated rings. The molecular formula is C21H21NO6. The molecule has 2 aromatic rings. The normalized spacial score (nSPS) is 10.4. The van der Waals surface area contributed by atoms with Gasteiger partial charge in [0.05, 0.1) is 14.2 Å². The van der Waals surface area contributed by atoms with Crippen LogP contribution in [0.1, 0.15) is 15.9 Å². The van der Waals surface area contributed by atoms with Crippen LogP contribution < -0.4 is 14.8 Å². The van der Waals surface area contributed by atoms with E-state index in [-0.39, 0.29) is 6.54 Å². The first-order chi connectivity index (χ1) is 13.5. The van der Waals surface area contributed by atoms with Gasteiger partial charge >= 0.3 is 5.97 Å². The Balaban J connectivity index is 1.78. The number of carbonyl (C=O) groups excluding carboxylic acids is 3. The number of Topliss-reactive ketones (excluding diaryl/α,β-unsaturated/α-hetero) is 1. The zero-order valence-corrected chi connectivity index (χ0v) is 15.6. The van der Waals surface area contributed by atoms with Crippen molar-refractivity contribution < 1.29 is 28.6 Å². The molecule has 28 heavy (non-hydrogen) atoms. The smallest absolute Gasteiger partial charge is 0.325 e. The number of nitrogens with one attached hydrogen (secondary N) is 1. The Morgan fingerprint density at radius 3 is 2.36 bits per heavy atom. The van der Waals surface area contributed by atoms with E-state index in [1.807, 2.05) is 30.3 Å². The van der Waals surface area contributed by atoms with Crippen LogP contribution in [0.2, 0.25) is 0 Å². The van der Waals surface area contributed by atoms with Crippen molar-refractivity contribution >= 4 is 23.7 Å². The number of rotatable bonds is 9. The molecule has 0 atom stereocenters. The monoisotopic (exact) mass is 383 g/mol. The Morgan fingerprint density at radius 2 is 1.68 bits per heavy atom. The van der Waals surface area contributed by atoms with Crippen molar-refractivity contribution in [2.45, 2.75) is 0 Å². The third-order valence-corrected chi connectivity index (χ3v) is 3.70. The van der Waals surface area contributed by atoms with Crippen LogP contribution in [0, 0.1) is 0 Å². The van der Waals surface area contributed by atoms with Gasteiger partial charge in [-0.2, -0.15) is 0 Å². The highest BCUT2D eigenvalue weighted by Crippen LogP contribution is 2.27. The van der Waals surface area contributed by atoms with Crippen molar-refractivity contribution in [2.24, 2.45) is 0 Å². The third kappa shape index (κ3) is 6.28. The zero-order chi connectivity index (χ0) is 20.4. The molecule has 1 N–H and O–H groups in total. The lowest BCUT2D eigenvalue weighted by Crippen LogP contribution is -2.30. The van der Waals surface area contributed by atoms with Gasteiger partial charge < -0.3 is 19.5 Å². The molecule has 0 unspecified atom stereocenters. The van der Waals surface area contributed by atoms with E-state index in [9.17, 15) is 14.4 Å². The number of hydrogen-bond donors (Lipinski definition) is 1. The average Bonchev–Trinajstić information content (AvgIpc) is 2.74. The Labute approximate surface area is 162 Å². The van der Waals surface area contributed by atoms with Crippen LogP contribution in [0.3, 0.4) is 0 Å². The Bertz CT molecular complexity index is 860. The molecule has 0 bridgehead atoms. The minimum atomic E-state index is -0.713. The molecule has 0 spiro atoms. The van der Waals surface area contributed by atoms with Crippen molar-refractivity contribution in [1.29, 1.82) is 0 Å². The highest BCUT2D eigenvalue weighted by Gasteiger charge is 2.13. The van der Waals surface area contributed by atoms with Gasteiger partial charge in [0.15, 0.2) is 23.9 Å². The van der Waals surface area contributed by atoms with Crippen LogP contribution in [-0.4, -0.2) is 45.0 Å². The van der Waals surface area contributed by atoms with Crippen LogP contribution in [-0.2, 0) is 14.3 Å². The summed E-state index contributed by atoms with van der Waals surface area (Å²) < 4.78 is 15.1. The first kappa shape index (κ1) is 20.7. The number of carbonyl (C=O) groups is 3. The van der Waals surface area contributed by atoms with Gasteiger partial charge in [0.2, 0.25) is 5.91 Å². The summed E-state index contributed by atoms with van der Waals surface area (Å²) in [7, 11) is 2.95. The molecule has 0 saturated heterocycles. The fourth-order valence-electron chi connectivity index (χ4n) is 2.24. The van der Waals surface area contributed by atoms with Crippen molar-refractivity contribution in [3.05, 3.63) is 65.7 Å². The van der Waals surface area contributed by atoms with E-state index >= 15 is 0 Å².